The Labute approximate surface area is 142 Å². The van der Waals surface area contributed by atoms with Gasteiger partial charge in [0.05, 0.1) is 11.3 Å². The fourth-order valence-electron chi connectivity index (χ4n) is 2.56. The summed E-state index contributed by atoms with van der Waals surface area (Å²) in [4.78, 5) is 20.3. The van der Waals surface area contributed by atoms with Gasteiger partial charge in [-0.1, -0.05) is 36.4 Å². The molecule has 0 saturated carbocycles. The number of aliphatic carboxylic acids is 1. The summed E-state index contributed by atoms with van der Waals surface area (Å²) in [6, 6.07) is 13.8. The number of nitrogens with zero attached hydrogens (tertiary/aromatic N) is 2. The predicted octanol–water partition coefficient (Wildman–Crippen LogP) is 3.81. The molecule has 0 bridgehead atoms. The summed E-state index contributed by atoms with van der Waals surface area (Å²) in [6.07, 6.45) is 1.87. The van der Waals surface area contributed by atoms with Crippen molar-refractivity contribution in [2.75, 3.05) is 5.32 Å². The molecule has 2 aromatic heterocycles. The number of hydrogen-bond acceptors (Lipinski definition) is 5. The molecule has 118 valence electrons. The fourth-order valence-corrected chi connectivity index (χ4v) is 3.35. The molecule has 0 radical (unpaired) electrons. The van der Waals surface area contributed by atoms with Gasteiger partial charge in [0, 0.05) is 23.6 Å². The van der Waals surface area contributed by atoms with E-state index in [0.29, 0.717) is 17.8 Å². The maximum atomic E-state index is 11.1. The Kier molecular flexibility index (Phi) is 3.59. The Hall–Kier alpha value is -2.99. The van der Waals surface area contributed by atoms with Crippen LogP contribution in [-0.4, -0.2) is 21.0 Å². The van der Waals surface area contributed by atoms with Gasteiger partial charge >= 0.3 is 5.97 Å². The highest BCUT2D eigenvalue weighted by Crippen LogP contribution is 2.30. The lowest BCUT2D eigenvalue weighted by molar-refractivity contribution is -0.132. The van der Waals surface area contributed by atoms with E-state index in [0.717, 1.165) is 27.5 Å². The van der Waals surface area contributed by atoms with Gasteiger partial charge in [0.15, 0.2) is 0 Å². The Morgan fingerprint density at radius 3 is 2.71 bits per heavy atom. The third-order valence-electron chi connectivity index (χ3n) is 3.81. The SMILES string of the molecule is O=C(O)C1=CNc2nc(-c3nc(-c4ccccc4)cs3)ccc2C1. The summed E-state index contributed by atoms with van der Waals surface area (Å²) in [5.74, 6) is -0.224. The van der Waals surface area contributed by atoms with Crippen LogP contribution in [0.25, 0.3) is 22.0 Å². The zero-order chi connectivity index (χ0) is 16.5. The van der Waals surface area contributed by atoms with Gasteiger partial charge in [-0.3, -0.25) is 0 Å². The molecule has 4 rings (SSSR count). The number of pyridine rings is 1. The van der Waals surface area contributed by atoms with Crippen LogP contribution in [0.5, 0.6) is 0 Å². The highest BCUT2D eigenvalue weighted by molar-refractivity contribution is 7.13. The molecule has 24 heavy (non-hydrogen) atoms. The van der Waals surface area contributed by atoms with Crippen LogP contribution in [0.4, 0.5) is 5.82 Å². The number of carbonyl (C=O) groups is 1. The third kappa shape index (κ3) is 2.68. The largest absolute Gasteiger partial charge is 0.478 e. The molecule has 1 aliphatic heterocycles. The van der Waals surface area contributed by atoms with E-state index < -0.39 is 5.97 Å². The first kappa shape index (κ1) is 14.6. The minimum atomic E-state index is -0.912. The van der Waals surface area contributed by atoms with Crippen LogP contribution in [0.1, 0.15) is 5.56 Å². The molecule has 2 N–H and O–H groups in total. The first-order valence-corrected chi connectivity index (χ1v) is 8.29. The number of fused-ring (bicyclic) bond motifs is 1. The highest BCUT2D eigenvalue weighted by Gasteiger charge is 2.18. The molecule has 3 aromatic rings. The molecule has 0 spiro atoms. The van der Waals surface area contributed by atoms with Gasteiger partial charge in [-0.25, -0.2) is 14.8 Å². The second-order valence-electron chi connectivity index (χ2n) is 5.40. The minimum absolute atomic E-state index is 0.331. The average Bonchev–Trinajstić information content (AvgIpc) is 3.11. The van der Waals surface area contributed by atoms with Crippen LogP contribution in [0.15, 0.2) is 59.6 Å². The minimum Gasteiger partial charge on any atom is -0.478 e. The van der Waals surface area contributed by atoms with Crippen molar-refractivity contribution < 1.29 is 9.90 Å². The number of thiazole rings is 1. The monoisotopic (exact) mass is 335 g/mol. The standard InChI is InChI=1S/C18H13N3O2S/c22-18(23)13-8-12-6-7-14(20-16(12)19-9-13)17-21-15(10-24-17)11-4-2-1-3-5-11/h1-7,9-10H,8H2,(H,19,20)(H,22,23). The van der Waals surface area contributed by atoms with Crippen LogP contribution in [0, 0.1) is 0 Å². The van der Waals surface area contributed by atoms with Gasteiger partial charge in [0.1, 0.15) is 16.5 Å². The van der Waals surface area contributed by atoms with Gasteiger partial charge in [0.2, 0.25) is 0 Å². The van der Waals surface area contributed by atoms with Gasteiger partial charge in [-0.2, -0.15) is 0 Å². The van der Waals surface area contributed by atoms with Crippen molar-refractivity contribution in [3.05, 3.63) is 65.2 Å². The van der Waals surface area contributed by atoms with E-state index in [-0.39, 0.29) is 0 Å². The summed E-state index contributed by atoms with van der Waals surface area (Å²) >= 11 is 1.54. The highest BCUT2D eigenvalue weighted by atomic mass is 32.1. The van der Waals surface area contributed by atoms with Crippen molar-refractivity contribution in [3.8, 4) is 22.0 Å². The van der Waals surface area contributed by atoms with Gasteiger partial charge < -0.3 is 10.4 Å². The van der Waals surface area contributed by atoms with Crippen LogP contribution < -0.4 is 5.32 Å². The molecule has 0 fully saturated rings. The maximum absolute atomic E-state index is 11.1. The van der Waals surface area contributed by atoms with E-state index in [1.54, 1.807) is 11.3 Å². The summed E-state index contributed by atoms with van der Waals surface area (Å²) in [5.41, 5.74) is 3.98. The Morgan fingerprint density at radius 1 is 1.08 bits per heavy atom. The number of nitrogens with one attached hydrogen (secondary N) is 1. The summed E-state index contributed by atoms with van der Waals surface area (Å²) in [7, 11) is 0. The lowest BCUT2D eigenvalue weighted by Crippen LogP contribution is -2.13. The van der Waals surface area contributed by atoms with Crippen molar-refractivity contribution in [1.82, 2.24) is 9.97 Å². The average molecular weight is 335 g/mol. The molecule has 1 aromatic carbocycles. The van der Waals surface area contributed by atoms with Crippen LogP contribution in [0.2, 0.25) is 0 Å². The van der Waals surface area contributed by atoms with Crippen LogP contribution in [0.3, 0.4) is 0 Å². The quantitative estimate of drug-likeness (QED) is 0.761. The number of aromatic nitrogens is 2. The van der Waals surface area contributed by atoms with Crippen molar-refractivity contribution in [2.45, 2.75) is 6.42 Å². The Balaban J connectivity index is 1.64. The zero-order valence-electron chi connectivity index (χ0n) is 12.6. The number of anilines is 1. The van der Waals surface area contributed by atoms with E-state index in [4.69, 9.17) is 5.11 Å². The van der Waals surface area contributed by atoms with E-state index in [1.165, 1.54) is 6.20 Å². The number of carboxylic acid groups (broad SMARTS) is 1. The summed E-state index contributed by atoms with van der Waals surface area (Å²) in [5, 5.41) is 14.9. The van der Waals surface area contributed by atoms with E-state index in [9.17, 15) is 4.79 Å². The topological polar surface area (TPSA) is 75.1 Å². The molecular formula is C18H13N3O2S. The third-order valence-corrected chi connectivity index (χ3v) is 4.68. The second-order valence-corrected chi connectivity index (χ2v) is 6.26. The lowest BCUT2D eigenvalue weighted by atomic mass is 10.0. The molecule has 0 amide bonds. The van der Waals surface area contributed by atoms with E-state index in [2.05, 4.69) is 15.3 Å². The van der Waals surface area contributed by atoms with Gasteiger partial charge in [0.25, 0.3) is 0 Å². The van der Waals surface area contributed by atoms with Crippen molar-refractivity contribution in [3.63, 3.8) is 0 Å². The molecule has 3 heterocycles. The van der Waals surface area contributed by atoms with Gasteiger partial charge in [-0.05, 0) is 11.6 Å². The Bertz CT molecular complexity index is 948. The molecular weight excluding hydrogens is 322 g/mol. The first-order chi connectivity index (χ1) is 11.7. The van der Waals surface area contributed by atoms with E-state index >= 15 is 0 Å². The van der Waals surface area contributed by atoms with Crippen LogP contribution >= 0.6 is 11.3 Å². The fraction of sp³-hybridized carbons (Fsp3) is 0.0556. The molecule has 0 unspecified atom stereocenters. The van der Waals surface area contributed by atoms with Crippen LogP contribution in [-0.2, 0) is 11.2 Å². The zero-order valence-corrected chi connectivity index (χ0v) is 13.4. The molecule has 0 saturated heterocycles. The van der Waals surface area contributed by atoms with Crippen molar-refractivity contribution in [2.24, 2.45) is 0 Å². The van der Waals surface area contributed by atoms with Gasteiger partial charge in [-0.15, -0.1) is 11.3 Å². The normalized spacial score (nSPS) is 12.9. The summed E-state index contributed by atoms with van der Waals surface area (Å²) < 4.78 is 0. The Morgan fingerprint density at radius 2 is 1.92 bits per heavy atom. The molecule has 1 aliphatic rings. The van der Waals surface area contributed by atoms with Crippen molar-refractivity contribution >= 4 is 23.1 Å². The number of rotatable bonds is 3. The molecule has 0 atom stereocenters. The molecule has 0 aliphatic carbocycles. The lowest BCUT2D eigenvalue weighted by Gasteiger charge is -2.15. The smallest absolute Gasteiger partial charge is 0.333 e. The second kappa shape index (κ2) is 5.90. The number of hydrogen-bond donors (Lipinski definition) is 2. The molecule has 5 nitrogen and oxygen atoms in total. The number of benzene rings is 1. The predicted molar refractivity (Wildman–Crippen MR) is 93.8 cm³/mol. The first-order valence-electron chi connectivity index (χ1n) is 7.41. The van der Waals surface area contributed by atoms with E-state index in [1.807, 2.05) is 47.8 Å². The molecule has 6 heteroatoms. The van der Waals surface area contributed by atoms with Crippen molar-refractivity contribution in [1.29, 1.82) is 0 Å². The summed E-state index contributed by atoms with van der Waals surface area (Å²) in [6.45, 7) is 0. The number of carboxylic acids is 1. The maximum Gasteiger partial charge on any atom is 0.333 e.